The first-order valence-electron chi connectivity index (χ1n) is 3.49. The number of allylic oxidation sites excluding steroid dienone is 1. The molecule has 0 aliphatic rings. The smallest absolute Gasteiger partial charge is 0.358 e. The Morgan fingerprint density at radius 1 is 1.67 bits per heavy atom. The molecule has 0 aromatic carbocycles. The lowest BCUT2D eigenvalue weighted by Gasteiger charge is -1.86. The average molecular weight is 167 g/mol. The number of carboxylic acid groups (broad SMARTS) is 1. The summed E-state index contributed by atoms with van der Waals surface area (Å²) in [6.45, 7) is 3.48. The van der Waals surface area contributed by atoms with E-state index in [-0.39, 0.29) is 5.69 Å². The predicted molar refractivity (Wildman–Crippen MR) is 42.9 cm³/mol. The molecule has 0 fully saturated rings. The van der Waals surface area contributed by atoms with Crippen LogP contribution in [0.4, 0.5) is 0 Å². The second-order valence-electron chi connectivity index (χ2n) is 2.33. The summed E-state index contributed by atoms with van der Waals surface area (Å²) >= 11 is 0. The Morgan fingerprint density at radius 3 is 2.75 bits per heavy atom. The molecule has 12 heavy (non-hydrogen) atoms. The van der Waals surface area contributed by atoms with Gasteiger partial charge in [-0.2, -0.15) is 0 Å². The first kappa shape index (κ1) is 8.52. The van der Waals surface area contributed by atoms with Gasteiger partial charge in [-0.05, 0) is 19.9 Å². The Bertz CT molecular complexity index is 325. The second kappa shape index (κ2) is 3.21. The maximum atomic E-state index is 10.5. The maximum absolute atomic E-state index is 10.5. The number of nitrogens with zero attached hydrogens (tertiary/aromatic N) is 1. The van der Waals surface area contributed by atoms with Crippen molar-refractivity contribution in [2.75, 3.05) is 0 Å². The molecule has 1 heterocycles. The van der Waals surface area contributed by atoms with Crippen molar-refractivity contribution in [1.82, 2.24) is 5.16 Å². The molecule has 1 rings (SSSR count). The third-order valence-corrected chi connectivity index (χ3v) is 1.48. The number of hydrogen-bond acceptors (Lipinski definition) is 3. The first-order valence-corrected chi connectivity index (χ1v) is 3.49. The molecular weight excluding hydrogens is 158 g/mol. The number of rotatable bonds is 2. The lowest BCUT2D eigenvalue weighted by Crippen LogP contribution is -1.98. The molecule has 0 saturated heterocycles. The van der Waals surface area contributed by atoms with Crippen LogP contribution in [-0.4, -0.2) is 16.2 Å². The van der Waals surface area contributed by atoms with Gasteiger partial charge in [-0.3, -0.25) is 0 Å². The van der Waals surface area contributed by atoms with Crippen molar-refractivity contribution in [1.29, 1.82) is 0 Å². The maximum Gasteiger partial charge on any atom is 0.358 e. The Morgan fingerprint density at radius 2 is 2.33 bits per heavy atom. The summed E-state index contributed by atoms with van der Waals surface area (Å²) in [6.07, 6.45) is 3.44. The van der Waals surface area contributed by atoms with Gasteiger partial charge in [0.2, 0.25) is 0 Å². The van der Waals surface area contributed by atoms with E-state index in [1.54, 1.807) is 19.1 Å². The van der Waals surface area contributed by atoms with Crippen LogP contribution >= 0.6 is 0 Å². The minimum Gasteiger partial charge on any atom is -0.476 e. The summed E-state index contributed by atoms with van der Waals surface area (Å²) in [6, 6.07) is 0. The molecule has 4 nitrogen and oxygen atoms in total. The molecule has 0 atom stereocenters. The van der Waals surface area contributed by atoms with Gasteiger partial charge in [0.15, 0.2) is 11.5 Å². The number of carboxylic acids is 1. The molecule has 0 unspecified atom stereocenters. The van der Waals surface area contributed by atoms with E-state index in [4.69, 9.17) is 9.63 Å². The van der Waals surface area contributed by atoms with E-state index in [0.717, 1.165) is 0 Å². The molecule has 1 aromatic rings. The van der Waals surface area contributed by atoms with E-state index in [1.165, 1.54) is 0 Å². The summed E-state index contributed by atoms with van der Waals surface area (Å²) < 4.78 is 4.78. The van der Waals surface area contributed by atoms with Crippen LogP contribution in [-0.2, 0) is 0 Å². The van der Waals surface area contributed by atoms with Crippen molar-refractivity contribution in [2.45, 2.75) is 13.8 Å². The quantitative estimate of drug-likeness (QED) is 0.728. The fraction of sp³-hybridized carbons (Fsp3) is 0.250. The van der Waals surface area contributed by atoms with Gasteiger partial charge >= 0.3 is 5.97 Å². The molecule has 0 aliphatic heterocycles. The SMILES string of the molecule is CC=Cc1onc(C(=O)O)c1C. The van der Waals surface area contributed by atoms with Crippen molar-refractivity contribution in [3.63, 3.8) is 0 Å². The van der Waals surface area contributed by atoms with E-state index in [2.05, 4.69) is 5.16 Å². The van der Waals surface area contributed by atoms with Crippen molar-refractivity contribution >= 4 is 12.0 Å². The van der Waals surface area contributed by atoms with Crippen LogP contribution < -0.4 is 0 Å². The lowest BCUT2D eigenvalue weighted by molar-refractivity contribution is 0.0685. The molecular formula is C8H9NO3. The second-order valence-corrected chi connectivity index (χ2v) is 2.33. The summed E-state index contributed by atoms with van der Waals surface area (Å²) in [4.78, 5) is 10.5. The normalized spacial score (nSPS) is 10.8. The molecule has 4 heteroatoms. The van der Waals surface area contributed by atoms with Gasteiger partial charge in [-0.25, -0.2) is 4.79 Å². The molecule has 1 aromatic heterocycles. The third kappa shape index (κ3) is 1.37. The zero-order valence-electron chi connectivity index (χ0n) is 6.87. The fourth-order valence-corrected chi connectivity index (χ4v) is 0.855. The van der Waals surface area contributed by atoms with Gasteiger partial charge in [-0.15, -0.1) is 0 Å². The molecule has 0 saturated carbocycles. The molecule has 0 radical (unpaired) electrons. The van der Waals surface area contributed by atoms with Crippen LogP contribution in [0.3, 0.4) is 0 Å². The summed E-state index contributed by atoms with van der Waals surface area (Å²) in [5.41, 5.74) is 0.531. The largest absolute Gasteiger partial charge is 0.476 e. The fourth-order valence-electron chi connectivity index (χ4n) is 0.855. The third-order valence-electron chi connectivity index (χ3n) is 1.48. The van der Waals surface area contributed by atoms with E-state index in [1.807, 2.05) is 6.92 Å². The zero-order valence-corrected chi connectivity index (χ0v) is 6.87. The topological polar surface area (TPSA) is 63.3 Å². The van der Waals surface area contributed by atoms with Gasteiger partial charge in [0.05, 0.1) is 0 Å². The molecule has 0 amide bonds. The highest BCUT2D eigenvalue weighted by Gasteiger charge is 2.15. The van der Waals surface area contributed by atoms with Crippen LogP contribution in [0.2, 0.25) is 0 Å². The van der Waals surface area contributed by atoms with E-state index < -0.39 is 5.97 Å². The van der Waals surface area contributed by atoms with Gasteiger partial charge in [-0.1, -0.05) is 11.2 Å². The van der Waals surface area contributed by atoms with Crippen molar-refractivity contribution < 1.29 is 14.4 Å². The van der Waals surface area contributed by atoms with Crippen molar-refractivity contribution in [3.8, 4) is 0 Å². The highest BCUT2D eigenvalue weighted by atomic mass is 16.5. The monoisotopic (exact) mass is 167 g/mol. The summed E-state index contributed by atoms with van der Waals surface area (Å²) in [5.74, 6) is -0.568. The van der Waals surface area contributed by atoms with Crippen LogP contribution in [0.5, 0.6) is 0 Å². The number of aromatic carboxylic acids is 1. The molecule has 0 spiro atoms. The number of hydrogen-bond donors (Lipinski definition) is 1. The first-order chi connectivity index (χ1) is 5.66. The molecule has 1 N–H and O–H groups in total. The zero-order chi connectivity index (χ0) is 9.14. The Kier molecular flexibility index (Phi) is 2.28. The van der Waals surface area contributed by atoms with Crippen LogP contribution in [0.1, 0.15) is 28.7 Å². The van der Waals surface area contributed by atoms with Gasteiger partial charge in [0.1, 0.15) is 0 Å². The average Bonchev–Trinajstić information content (AvgIpc) is 2.34. The summed E-state index contributed by atoms with van der Waals surface area (Å²) in [7, 11) is 0. The Labute approximate surface area is 69.5 Å². The van der Waals surface area contributed by atoms with E-state index in [0.29, 0.717) is 11.3 Å². The van der Waals surface area contributed by atoms with Gasteiger partial charge < -0.3 is 9.63 Å². The number of carbonyl (C=O) groups is 1. The lowest BCUT2D eigenvalue weighted by atomic mass is 10.2. The highest BCUT2D eigenvalue weighted by Crippen LogP contribution is 2.13. The molecule has 0 aliphatic carbocycles. The highest BCUT2D eigenvalue weighted by molar-refractivity contribution is 5.87. The minimum atomic E-state index is -1.06. The Hall–Kier alpha value is -1.58. The van der Waals surface area contributed by atoms with Crippen LogP contribution in [0.25, 0.3) is 6.08 Å². The van der Waals surface area contributed by atoms with Gasteiger partial charge in [0, 0.05) is 5.56 Å². The van der Waals surface area contributed by atoms with E-state index >= 15 is 0 Å². The van der Waals surface area contributed by atoms with Crippen molar-refractivity contribution in [3.05, 3.63) is 23.1 Å². The standard InChI is InChI=1S/C8H9NO3/c1-3-4-6-5(2)7(8(10)11)9-12-6/h3-4H,1-2H3,(H,10,11). The van der Waals surface area contributed by atoms with Crippen LogP contribution in [0.15, 0.2) is 10.6 Å². The molecule has 64 valence electrons. The predicted octanol–water partition coefficient (Wildman–Crippen LogP) is 1.71. The van der Waals surface area contributed by atoms with E-state index in [9.17, 15) is 4.79 Å². The minimum absolute atomic E-state index is 0.0249. The Balaban J connectivity index is 3.12. The van der Waals surface area contributed by atoms with Crippen molar-refractivity contribution in [2.24, 2.45) is 0 Å². The summed E-state index contributed by atoms with van der Waals surface area (Å²) in [5, 5.41) is 12.0. The molecule has 0 bridgehead atoms. The van der Waals surface area contributed by atoms with Crippen LogP contribution in [0, 0.1) is 6.92 Å². The van der Waals surface area contributed by atoms with Gasteiger partial charge in [0.25, 0.3) is 0 Å². The number of aromatic nitrogens is 1.